The van der Waals surface area contributed by atoms with E-state index in [1.807, 2.05) is 0 Å². The van der Waals surface area contributed by atoms with E-state index in [0.717, 1.165) is 5.92 Å². The molecule has 2 rings (SSSR count). The van der Waals surface area contributed by atoms with E-state index in [-0.39, 0.29) is 0 Å². The molecule has 0 heterocycles. The molecule has 76 valence electrons. The second kappa shape index (κ2) is 3.42. The lowest BCUT2D eigenvalue weighted by atomic mass is 9.77. The Morgan fingerprint density at radius 3 is 2.36 bits per heavy atom. The van der Waals surface area contributed by atoms with Gasteiger partial charge >= 0.3 is 0 Å². The van der Waals surface area contributed by atoms with Gasteiger partial charge in [0.25, 0.3) is 0 Å². The molecule has 0 N–H and O–H groups in total. The van der Waals surface area contributed by atoms with Gasteiger partial charge < -0.3 is 0 Å². The number of hydrogen-bond acceptors (Lipinski definition) is 0. The standard InChI is InChI=1S/C14H20/c1-14(2,3)13-9-5-8-12(10-13)11-6-4-7-11/h5,8-11H,4,6-7H2,1-3H3. The Bertz CT molecular complexity index is 313. The minimum atomic E-state index is 0.291. The van der Waals surface area contributed by atoms with Crippen LogP contribution in [0.4, 0.5) is 0 Å². The largest absolute Gasteiger partial charge is 0.0617 e. The van der Waals surface area contributed by atoms with Gasteiger partial charge in [-0.2, -0.15) is 0 Å². The van der Waals surface area contributed by atoms with Crippen LogP contribution < -0.4 is 0 Å². The first-order valence-electron chi connectivity index (χ1n) is 5.68. The van der Waals surface area contributed by atoms with Crippen molar-refractivity contribution in [2.45, 2.75) is 51.4 Å². The molecule has 0 aromatic heterocycles. The summed E-state index contributed by atoms with van der Waals surface area (Å²) >= 11 is 0. The Balaban J connectivity index is 2.26. The van der Waals surface area contributed by atoms with Gasteiger partial charge in [0.2, 0.25) is 0 Å². The van der Waals surface area contributed by atoms with Gasteiger partial charge in [-0.3, -0.25) is 0 Å². The van der Waals surface area contributed by atoms with Crippen LogP contribution in [0.3, 0.4) is 0 Å². The average Bonchev–Trinajstić information content (AvgIpc) is 2.00. The molecule has 0 aliphatic heterocycles. The summed E-state index contributed by atoms with van der Waals surface area (Å²) in [5.41, 5.74) is 3.32. The summed E-state index contributed by atoms with van der Waals surface area (Å²) in [4.78, 5) is 0. The minimum absolute atomic E-state index is 0.291. The lowest BCUT2D eigenvalue weighted by Crippen LogP contribution is -2.14. The average molecular weight is 188 g/mol. The molecule has 14 heavy (non-hydrogen) atoms. The normalized spacial score (nSPS) is 17.9. The summed E-state index contributed by atoms with van der Waals surface area (Å²) in [6.45, 7) is 6.85. The fourth-order valence-electron chi connectivity index (χ4n) is 2.00. The predicted octanol–water partition coefficient (Wildman–Crippen LogP) is 4.25. The van der Waals surface area contributed by atoms with Gasteiger partial charge in [-0.25, -0.2) is 0 Å². The lowest BCUT2D eigenvalue weighted by Gasteiger charge is -2.28. The molecule has 1 aliphatic carbocycles. The summed E-state index contributed by atoms with van der Waals surface area (Å²) in [7, 11) is 0. The zero-order chi connectivity index (χ0) is 10.2. The maximum atomic E-state index is 2.41. The Hall–Kier alpha value is -0.780. The van der Waals surface area contributed by atoms with Gasteiger partial charge in [0.05, 0.1) is 0 Å². The highest BCUT2D eigenvalue weighted by atomic mass is 14.3. The van der Waals surface area contributed by atoms with Crippen molar-refractivity contribution >= 4 is 0 Å². The number of benzene rings is 1. The quantitative estimate of drug-likeness (QED) is 0.618. The minimum Gasteiger partial charge on any atom is -0.0617 e. The third-order valence-electron chi connectivity index (χ3n) is 3.33. The fourth-order valence-corrected chi connectivity index (χ4v) is 2.00. The Labute approximate surface area is 87.3 Å². The van der Waals surface area contributed by atoms with Crippen molar-refractivity contribution in [3.8, 4) is 0 Å². The second-order valence-electron chi connectivity index (χ2n) is 5.50. The van der Waals surface area contributed by atoms with E-state index in [1.54, 1.807) is 5.56 Å². The monoisotopic (exact) mass is 188 g/mol. The molecular formula is C14H20. The summed E-state index contributed by atoms with van der Waals surface area (Å²) in [5.74, 6) is 0.859. The molecule has 0 bridgehead atoms. The highest BCUT2D eigenvalue weighted by molar-refractivity contribution is 5.31. The summed E-state index contributed by atoms with van der Waals surface area (Å²) in [5, 5.41) is 0. The van der Waals surface area contributed by atoms with Crippen molar-refractivity contribution in [2.75, 3.05) is 0 Å². The zero-order valence-corrected chi connectivity index (χ0v) is 9.51. The van der Waals surface area contributed by atoms with Crippen molar-refractivity contribution in [3.63, 3.8) is 0 Å². The maximum absolute atomic E-state index is 2.41. The smallest absolute Gasteiger partial charge is 0.0132 e. The fraction of sp³-hybridized carbons (Fsp3) is 0.571. The van der Waals surface area contributed by atoms with Crippen molar-refractivity contribution in [1.82, 2.24) is 0 Å². The molecule has 1 aromatic carbocycles. The molecule has 0 spiro atoms. The Morgan fingerprint density at radius 2 is 1.86 bits per heavy atom. The first-order chi connectivity index (χ1) is 6.57. The van der Waals surface area contributed by atoms with E-state index < -0.39 is 0 Å². The van der Waals surface area contributed by atoms with E-state index >= 15 is 0 Å². The van der Waals surface area contributed by atoms with Crippen molar-refractivity contribution < 1.29 is 0 Å². The summed E-state index contributed by atoms with van der Waals surface area (Å²) < 4.78 is 0. The van der Waals surface area contributed by atoms with Crippen LogP contribution in [0.1, 0.15) is 57.1 Å². The van der Waals surface area contributed by atoms with Crippen LogP contribution in [0.2, 0.25) is 0 Å². The molecule has 0 radical (unpaired) electrons. The molecule has 1 aliphatic rings. The van der Waals surface area contributed by atoms with Crippen molar-refractivity contribution in [3.05, 3.63) is 35.4 Å². The molecule has 0 nitrogen and oxygen atoms in total. The summed E-state index contributed by atoms with van der Waals surface area (Å²) in [6.07, 6.45) is 4.21. The Morgan fingerprint density at radius 1 is 1.14 bits per heavy atom. The van der Waals surface area contributed by atoms with Crippen LogP contribution in [0, 0.1) is 0 Å². The van der Waals surface area contributed by atoms with E-state index in [4.69, 9.17) is 0 Å². The zero-order valence-electron chi connectivity index (χ0n) is 9.51. The highest BCUT2D eigenvalue weighted by Crippen LogP contribution is 2.37. The van der Waals surface area contributed by atoms with Gasteiger partial charge in [0.15, 0.2) is 0 Å². The molecule has 0 heteroatoms. The van der Waals surface area contributed by atoms with Gasteiger partial charge in [-0.15, -0.1) is 0 Å². The topological polar surface area (TPSA) is 0 Å². The number of rotatable bonds is 1. The first kappa shape index (κ1) is 9.76. The van der Waals surface area contributed by atoms with Crippen LogP contribution in [-0.2, 0) is 5.41 Å². The highest BCUT2D eigenvalue weighted by Gasteiger charge is 2.21. The molecule has 1 aromatic rings. The molecular weight excluding hydrogens is 168 g/mol. The van der Waals surface area contributed by atoms with Crippen molar-refractivity contribution in [1.29, 1.82) is 0 Å². The van der Waals surface area contributed by atoms with Gasteiger partial charge in [-0.05, 0) is 35.3 Å². The second-order valence-corrected chi connectivity index (χ2v) is 5.50. The van der Waals surface area contributed by atoms with Crippen LogP contribution in [0.25, 0.3) is 0 Å². The van der Waals surface area contributed by atoms with E-state index in [2.05, 4.69) is 45.0 Å². The Kier molecular flexibility index (Phi) is 2.38. The molecule has 1 fully saturated rings. The van der Waals surface area contributed by atoms with E-state index in [1.165, 1.54) is 24.8 Å². The van der Waals surface area contributed by atoms with Crippen molar-refractivity contribution in [2.24, 2.45) is 0 Å². The molecule has 0 atom stereocenters. The lowest BCUT2D eigenvalue weighted by molar-refractivity contribution is 0.418. The molecule has 0 unspecified atom stereocenters. The third-order valence-corrected chi connectivity index (χ3v) is 3.33. The van der Waals surface area contributed by atoms with Gasteiger partial charge in [-0.1, -0.05) is 51.5 Å². The van der Waals surface area contributed by atoms with E-state index in [9.17, 15) is 0 Å². The van der Waals surface area contributed by atoms with Crippen LogP contribution >= 0.6 is 0 Å². The molecule has 0 amide bonds. The first-order valence-corrected chi connectivity index (χ1v) is 5.68. The van der Waals surface area contributed by atoms with Gasteiger partial charge in [0.1, 0.15) is 0 Å². The molecule has 0 saturated heterocycles. The van der Waals surface area contributed by atoms with Gasteiger partial charge in [0, 0.05) is 0 Å². The van der Waals surface area contributed by atoms with E-state index in [0.29, 0.717) is 5.41 Å². The SMILES string of the molecule is CC(C)(C)c1cccc(C2CCC2)c1. The van der Waals surface area contributed by atoms with Crippen LogP contribution in [0.5, 0.6) is 0 Å². The van der Waals surface area contributed by atoms with Crippen LogP contribution in [0.15, 0.2) is 24.3 Å². The third kappa shape index (κ3) is 1.84. The summed E-state index contributed by atoms with van der Waals surface area (Å²) in [6, 6.07) is 9.17. The van der Waals surface area contributed by atoms with Crippen LogP contribution in [-0.4, -0.2) is 0 Å². The predicted molar refractivity (Wildman–Crippen MR) is 61.7 cm³/mol. The maximum Gasteiger partial charge on any atom is -0.0132 e. The number of hydrogen-bond donors (Lipinski definition) is 0. The molecule has 1 saturated carbocycles.